The average molecular weight is 442 g/mol. The molecule has 8 heteroatoms. The van der Waals surface area contributed by atoms with Crippen LogP contribution in [0.3, 0.4) is 0 Å². The molecule has 0 aliphatic heterocycles. The van der Waals surface area contributed by atoms with Crippen LogP contribution >= 0.6 is 0 Å². The van der Waals surface area contributed by atoms with E-state index in [1.54, 1.807) is 31.2 Å². The highest BCUT2D eigenvalue weighted by Crippen LogP contribution is 2.36. The minimum atomic E-state index is -3.89. The van der Waals surface area contributed by atoms with Gasteiger partial charge in [0.05, 0.1) is 12.0 Å². The fourth-order valence-electron chi connectivity index (χ4n) is 3.44. The Morgan fingerprint density at radius 1 is 1.10 bits per heavy atom. The van der Waals surface area contributed by atoms with E-state index in [-0.39, 0.29) is 21.5 Å². The van der Waals surface area contributed by atoms with Crippen molar-refractivity contribution in [3.05, 3.63) is 65.6 Å². The largest absolute Gasteiger partial charge is 0.497 e. The molecule has 3 aromatic rings. The second-order valence-electron chi connectivity index (χ2n) is 7.76. The molecule has 0 radical (unpaired) electrons. The third-order valence-electron chi connectivity index (χ3n) is 5.13. The summed E-state index contributed by atoms with van der Waals surface area (Å²) in [5.74, 6) is 0.700. The highest BCUT2D eigenvalue weighted by atomic mass is 32.2. The van der Waals surface area contributed by atoms with Crippen LogP contribution in [0.15, 0.2) is 58.6 Å². The van der Waals surface area contributed by atoms with Gasteiger partial charge in [-0.1, -0.05) is 13.8 Å². The Kier molecular flexibility index (Phi) is 6.50. The van der Waals surface area contributed by atoms with E-state index in [2.05, 4.69) is 10.3 Å². The lowest BCUT2D eigenvalue weighted by Crippen LogP contribution is -2.19. The van der Waals surface area contributed by atoms with Crippen LogP contribution in [0.2, 0.25) is 0 Å². The molecule has 2 aromatic heterocycles. The monoisotopic (exact) mass is 441 g/mol. The van der Waals surface area contributed by atoms with Crippen molar-refractivity contribution in [2.45, 2.75) is 44.0 Å². The number of hydrogen-bond acceptors (Lipinski definition) is 5. The number of ether oxygens (including phenoxy) is 1. The standard InChI is InChI=1S/C23H27N3O4S/c1-15(2)14-26-17(4)16(3)21(22(26)25-23(27)18-10-12-24-13-11-18)31(28,29)20-8-6-19(30-5)7-9-20/h6-13,15H,14H2,1-5H3,(H,25,27). The maximum atomic E-state index is 13.6. The van der Waals surface area contributed by atoms with Gasteiger partial charge < -0.3 is 14.6 Å². The number of methoxy groups -OCH3 is 1. The van der Waals surface area contributed by atoms with Crippen LogP contribution in [-0.2, 0) is 16.4 Å². The summed E-state index contributed by atoms with van der Waals surface area (Å²) in [5, 5.41) is 2.85. The predicted octanol–water partition coefficient (Wildman–Crippen LogP) is 4.25. The van der Waals surface area contributed by atoms with E-state index in [4.69, 9.17) is 4.74 Å². The van der Waals surface area contributed by atoms with Crippen molar-refractivity contribution < 1.29 is 17.9 Å². The molecule has 0 saturated carbocycles. The zero-order valence-corrected chi connectivity index (χ0v) is 19.2. The van der Waals surface area contributed by atoms with Crippen molar-refractivity contribution >= 4 is 21.6 Å². The molecule has 1 amide bonds. The Morgan fingerprint density at radius 3 is 2.26 bits per heavy atom. The van der Waals surface area contributed by atoms with Gasteiger partial charge in [0.1, 0.15) is 16.5 Å². The first-order chi connectivity index (χ1) is 14.7. The lowest BCUT2D eigenvalue weighted by molar-refractivity contribution is 0.102. The lowest BCUT2D eigenvalue weighted by atomic mass is 10.2. The Bertz CT molecular complexity index is 1180. The van der Waals surface area contributed by atoms with Crippen molar-refractivity contribution in [2.75, 3.05) is 12.4 Å². The average Bonchev–Trinajstić information content (AvgIpc) is 2.98. The minimum Gasteiger partial charge on any atom is -0.497 e. The van der Waals surface area contributed by atoms with Crippen LogP contribution in [0.4, 0.5) is 5.82 Å². The predicted molar refractivity (Wildman–Crippen MR) is 119 cm³/mol. The summed E-state index contributed by atoms with van der Waals surface area (Å²) in [4.78, 5) is 17.1. The molecular weight excluding hydrogens is 414 g/mol. The van der Waals surface area contributed by atoms with Crippen molar-refractivity contribution in [3.8, 4) is 5.75 Å². The van der Waals surface area contributed by atoms with Gasteiger partial charge in [0, 0.05) is 30.2 Å². The molecule has 0 aliphatic carbocycles. The third kappa shape index (κ3) is 4.49. The highest BCUT2D eigenvalue weighted by molar-refractivity contribution is 7.91. The van der Waals surface area contributed by atoms with Gasteiger partial charge in [-0.15, -0.1) is 0 Å². The zero-order valence-electron chi connectivity index (χ0n) is 18.3. The second-order valence-corrected chi connectivity index (χ2v) is 9.65. The van der Waals surface area contributed by atoms with Crippen molar-refractivity contribution in [1.29, 1.82) is 0 Å². The number of pyridine rings is 1. The summed E-state index contributed by atoms with van der Waals surface area (Å²) in [7, 11) is -2.37. The molecule has 2 heterocycles. The van der Waals surface area contributed by atoms with E-state index in [0.29, 0.717) is 23.4 Å². The smallest absolute Gasteiger partial charge is 0.256 e. The molecule has 3 rings (SSSR count). The molecule has 0 saturated heterocycles. The van der Waals surface area contributed by atoms with Gasteiger partial charge in [0.15, 0.2) is 0 Å². The first-order valence-electron chi connectivity index (χ1n) is 9.97. The van der Waals surface area contributed by atoms with E-state index >= 15 is 0 Å². The molecule has 0 aliphatic rings. The first-order valence-corrected chi connectivity index (χ1v) is 11.4. The number of anilines is 1. The Labute approximate surface area is 183 Å². The molecule has 0 unspecified atom stereocenters. The molecule has 7 nitrogen and oxygen atoms in total. The molecule has 0 atom stereocenters. The molecule has 1 aromatic carbocycles. The maximum Gasteiger partial charge on any atom is 0.256 e. The van der Waals surface area contributed by atoms with Gasteiger partial charge in [-0.25, -0.2) is 8.42 Å². The molecule has 0 spiro atoms. The number of amides is 1. The number of hydrogen-bond donors (Lipinski definition) is 1. The summed E-state index contributed by atoms with van der Waals surface area (Å²) in [6, 6.07) is 9.41. The molecule has 31 heavy (non-hydrogen) atoms. The Balaban J connectivity index is 2.17. The molecule has 0 bridgehead atoms. The van der Waals surface area contributed by atoms with Crippen LogP contribution in [0.5, 0.6) is 5.75 Å². The quantitative estimate of drug-likeness (QED) is 0.592. The number of sulfone groups is 1. The van der Waals surface area contributed by atoms with Crippen LogP contribution in [0, 0.1) is 19.8 Å². The normalized spacial score (nSPS) is 11.5. The van der Waals surface area contributed by atoms with Crippen molar-refractivity contribution in [3.63, 3.8) is 0 Å². The van der Waals surface area contributed by atoms with Crippen LogP contribution in [-0.4, -0.2) is 31.0 Å². The van der Waals surface area contributed by atoms with Gasteiger partial charge in [-0.2, -0.15) is 0 Å². The van der Waals surface area contributed by atoms with E-state index in [1.165, 1.54) is 31.6 Å². The number of nitrogens with one attached hydrogen (secondary N) is 1. The summed E-state index contributed by atoms with van der Waals surface area (Å²) in [6.07, 6.45) is 3.04. The summed E-state index contributed by atoms with van der Waals surface area (Å²) in [6.45, 7) is 8.29. The van der Waals surface area contributed by atoms with E-state index in [1.807, 2.05) is 25.3 Å². The van der Waals surface area contributed by atoms with E-state index in [0.717, 1.165) is 5.69 Å². The molecular formula is C23H27N3O4S. The van der Waals surface area contributed by atoms with Crippen LogP contribution in [0.25, 0.3) is 0 Å². The first kappa shape index (κ1) is 22.6. The number of carbonyl (C=O) groups excluding carboxylic acids is 1. The van der Waals surface area contributed by atoms with Gasteiger partial charge in [0.25, 0.3) is 5.91 Å². The number of benzene rings is 1. The van der Waals surface area contributed by atoms with Crippen molar-refractivity contribution in [2.24, 2.45) is 5.92 Å². The summed E-state index contributed by atoms with van der Waals surface area (Å²) in [5.41, 5.74) is 1.81. The van der Waals surface area contributed by atoms with Gasteiger partial charge in [0.2, 0.25) is 9.84 Å². The third-order valence-corrected chi connectivity index (χ3v) is 7.06. The lowest BCUT2D eigenvalue weighted by Gasteiger charge is -2.16. The van der Waals surface area contributed by atoms with E-state index < -0.39 is 15.7 Å². The van der Waals surface area contributed by atoms with Gasteiger partial charge >= 0.3 is 0 Å². The van der Waals surface area contributed by atoms with Gasteiger partial charge in [-0.05, 0) is 61.7 Å². The second kappa shape index (κ2) is 8.93. The number of carbonyl (C=O) groups is 1. The summed E-state index contributed by atoms with van der Waals surface area (Å²) < 4.78 is 34.3. The molecule has 0 fully saturated rings. The molecule has 164 valence electrons. The zero-order chi connectivity index (χ0) is 22.8. The Morgan fingerprint density at radius 2 is 1.71 bits per heavy atom. The Hall–Kier alpha value is -3.13. The van der Waals surface area contributed by atoms with E-state index in [9.17, 15) is 13.2 Å². The van der Waals surface area contributed by atoms with Crippen LogP contribution in [0.1, 0.15) is 35.5 Å². The number of rotatable bonds is 7. The minimum absolute atomic E-state index is 0.109. The van der Waals surface area contributed by atoms with Gasteiger partial charge in [-0.3, -0.25) is 9.78 Å². The fraction of sp³-hybridized carbons (Fsp3) is 0.304. The highest BCUT2D eigenvalue weighted by Gasteiger charge is 2.31. The van der Waals surface area contributed by atoms with Crippen molar-refractivity contribution in [1.82, 2.24) is 9.55 Å². The molecule has 1 N–H and O–H groups in total. The number of aromatic nitrogens is 2. The number of nitrogens with zero attached hydrogens (tertiary/aromatic N) is 2. The maximum absolute atomic E-state index is 13.6. The topological polar surface area (TPSA) is 90.3 Å². The summed E-state index contributed by atoms with van der Waals surface area (Å²) >= 11 is 0. The fourth-order valence-corrected chi connectivity index (χ4v) is 5.13. The SMILES string of the molecule is COc1ccc(S(=O)(=O)c2c(C)c(C)n(CC(C)C)c2NC(=O)c2ccncc2)cc1. The van der Waals surface area contributed by atoms with Crippen LogP contribution < -0.4 is 10.1 Å².